The van der Waals surface area contributed by atoms with Gasteiger partial charge in [0.1, 0.15) is 0 Å². The molecule has 3 nitrogen and oxygen atoms in total. The third-order valence-corrected chi connectivity index (χ3v) is 10.2. The maximum absolute atomic E-state index is 10.2. The molecule has 154 valence electrons. The Hall–Kier alpha value is -0.870. The highest BCUT2D eigenvalue weighted by molar-refractivity contribution is 7.13. The monoisotopic (exact) mass is 401 g/mol. The number of fused-ring (bicyclic) bond motifs is 5. The number of thiazole rings is 1. The second-order valence-corrected chi connectivity index (χ2v) is 11.3. The Kier molecular flexibility index (Phi) is 4.67. The van der Waals surface area contributed by atoms with Gasteiger partial charge in [-0.3, -0.25) is 0 Å². The highest BCUT2D eigenvalue weighted by atomic mass is 32.1. The first kappa shape index (κ1) is 19.1. The molecule has 5 rings (SSSR count). The van der Waals surface area contributed by atoms with Crippen molar-refractivity contribution in [2.75, 3.05) is 6.61 Å². The van der Waals surface area contributed by atoms with Gasteiger partial charge in [-0.05, 0) is 86.9 Å². The lowest BCUT2D eigenvalue weighted by atomic mass is 9.47. The van der Waals surface area contributed by atoms with Crippen molar-refractivity contribution in [1.82, 2.24) is 4.98 Å². The third kappa shape index (κ3) is 2.74. The molecule has 1 aromatic heterocycles. The van der Waals surface area contributed by atoms with Crippen LogP contribution in [0.1, 0.15) is 83.1 Å². The molecule has 0 aliphatic heterocycles. The van der Waals surface area contributed by atoms with E-state index in [-0.39, 0.29) is 6.10 Å². The highest BCUT2D eigenvalue weighted by Crippen LogP contribution is 2.68. The van der Waals surface area contributed by atoms with Crippen LogP contribution in [0.15, 0.2) is 17.8 Å². The smallest absolute Gasteiger partial charge is 0.194 e. The molecule has 3 fully saturated rings. The van der Waals surface area contributed by atoms with E-state index in [1.807, 2.05) is 13.1 Å². The minimum atomic E-state index is -0.106. The minimum Gasteiger partial charge on any atom is -0.483 e. The fourth-order valence-electron chi connectivity index (χ4n) is 7.69. The Balaban J connectivity index is 1.42. The van der Waals surface area contributed by atoms with E-state index in [0.29, 0.717) is 16.7 Å². The maximum atomic E-state index is 10.2. The van der Waals surface area contributed by atoms with Crippen LogP contribution < -0.4 is 4.74 Å². The standard InChI is InChI=1S/C24H35NO2S/c1-4-27-21-14-25-22(28-21)20-8-7-18-17-6-5-15-13-16(26)9-11-23(15,2)19(17)10-12-24(18,20)3/h5,14,16-20,26H,4,6-13H2,1-3H3/t16-,17-,18-,19-,20+,23-,24-/m0/s1. The summed E-state index contributed by atoms with van der Waals surface area (Å²) in [5, 5.41) is 12.5. The lowest BCUT2D eigenvalue weighted by molar-refractivity contribution is -0.0409. The Bertz CT molecular complexity index is 772. The zero-order chi connectivity index (χ0) is 19.5. The number of ether oxygens (including phenoxy) is 1. The maximum Gasteiger partial charge on any atom is 0.194 e. The van der Waals surface area contributed by atoms with E-state index in [1.54, 1.807) is 16.9 Å². The van der Waals surface area contributed by atoms with Crippen molar-refractivity contribution < 1.29 is 9.84 Å². The van der Waals surface area contributed by atoms with E-state index < -0.39 is 0 Å². The lowest BCUT2D eigenvalue weighted by Gasteiger charge is -2.58. The largest absolute Gasteiger partial charge is 0.483 e. The van der Waals surface area contributed by atoms with Crippen LogP contribution in [0.25, 0.3) is 0 Å². The summed E-state index contributed by atoms with van der Waals surface area (Å²) in [6, 6.07) is 0. The van der Waals surface area contributed by atoms with Gasteiger partial charge in [0.2, 0.25) is 0 Å². The van der Waals surface area contributed by atoms with Crippen LogP contribution in [-0.4, -0.2) is 22.8 Å². The number of hydrogen-bond acceptors (Lipinski definition) is 4. The molecular formula is C24H35NO2S. The summed E-state index contributed by atoms with van der Waals surface area (Å²) < 4.78 is 5.71. The summed E-state index contributed by atoms with van der Waals surface area (Å²) in [6.07, 6.45) is 14.0. The van der Waals surface area contributed by atoms with Crippen molar-refractivity contribution in [1.29, 1.82) is 0 Å². The molecule has 4 heteroatoms. The molecule has 3 saturated carbocycles. The van der Waals surface area contributed by atoms with E-state index in [4.69, 9.17) is 9.72 Å². The number of aromatic nitrogens is 1. The number of allylic oxidation sites excluding steroid dienone is 1. The first-order valence-electron chi connectivity index (χ1n) is 11.4. The molecule has 0 aromatic carbocycles. The second-order valence-electron chi connectivity index (χ2n) is 10.3. The number of aliphatic hydroxyl groups excluding tert-OH is 1. The Morgan fingerprint density at radius 3 is 2.86 bits per heavy atom. The van der Waals surface area contributed by atoms with Gasteiger partial charge in [0.05, 0.1) is 23.9 Å². The predicted octanol–water partition coefficient (Wildman–Crippen LogP) is 5.95. The quantitative estimate of drug-likeness (QED) is 0.637. The summed E-state index contributed by atoms with van der Waals surface area (Å²) in [7, 11) is 0. The number of nitrogens with zero attached hydrogens (tertiary/aromatic N) is 1. The third-order valence-electron chi connectivity index (χ3n) is 9.16. The number of rotatable bonds is 3. The Morgan fingerprint density at radius 2 is 2.04 bits per heavy atom. The number of aliphatic hydroxyl groups is 1. The van der Waals surface area contributed by atoms with Crippen molar-refractivity contribution in [3.63, 3.8) is 0 Å². The lowest BCUT2D eigenvalue weighted by Crippen LogP contribution is -2.50. The first-order valence-corrected chi connectivity index (χ1v) is 12.2. The molecule has 0 spiro atoms. The van der Waals surface area contributed by atoms with E-state index in [1.165, 1.54) is 43.5 Å². The average molecular weight is 402 g/mol. The molecule has 0 radical (unpaired) electrons. The number of hydrogen-bond donors (Lipinski definition) is 1. The summed E-state index contributed by atoms with van der Waals surface area (Å²) in [5.74, 6) is 3.05. The van der Waals surface area contributed by atoms with Crippen LogP contribution in [0.3, 0.4) is 0 Å². The van der Waals surface area contributed by atoms with Crippen LogP contribution in [0.2, 0.25) is 0 Å². The van der Waals surface area contributed by atoms with Crippen LogP contribution in [0, 0.1) is 28.6 Å². The fraction of sp³-hybridized carbons (Fsp3) is 0.792. The zero-order valence-electron chi connectivity index (χ0n) is 17.6. The van der Waals surface area contributed by atoms with Crippen LogP contribution >= 0.6 is 11.3 Å². The molecule has 0 unspecified atom stereocenters. The summed E-state index contributed by atoms with van der Waals surface area (Å²) in [6.45, 7) is 7.85. The van der Waals surface area contributed by atoms with Crippen molar-refractivity contribution in [3.8, 4) is 5.06 Å². The Labute approximate surface area is 173 Å². The normalized spacial score (nSPS) is 45.0. The minimum absolute atomic E-state index is 0.106. The van der Waals surface area contributed by atoms with E-state index in [9.17, 15) is 5.11 Å². The van der Waals surface area contributed by atoms with Gasteiger partial charge in [-0.2, -0.15) is 0 Å². The van der Waals surface area contributed by atoms with Gasteiger partial charge in [-0.15, -0.1) is 0 Å². The second kappa shape index (κ2) is 6.84. The molecule has 0 saturated heterocycles. The molecule has 1 aromatic rings. The van der Waals surface area contributed by atoms with E-state index in [0.717, 1.165) is 42.3 Å². The molecule has 7 atom stereocenters. The van der Waals surface area contributed by atoms with Crippen molar-refractivity contribution in [2.24, 2.45) is 28.6 Å². The first-order chi connectivity index (χ1) is 13.5. The fourth-order valence-corrected chi connectivity index (χ4v) is 8.81. The van der Waals surface area contributed by atoms with Crippen molar-refractivity contribution >= 4 is 11.3 Å². The molecule has 4 aliphatic rings. The predicted molar refractivity (Wildman–Crippen MR) is 114 cm³/mol. The zero-order valence-corrected chi connectivity index (χ0v) is 18.4. The van der Waals surface area contributed by atoms with E-state index >= 15 is 0 Å². The van der Waals surface area contributed by atoms with Gasteiger partial charge >= 0.3 is 0 Å². The average Bonchev–Trinajstić information content (AvgIpc) is 3.26. The van der Waals surface area contributed by atoms with Crippen molar-refractivity contribution in [3.05, 3.63) is 22.9 Å². The van der Waals surface area contributed by atoms with E-state index in [2.05, 4.69) is 19.9 Å². The van der Waals surface area contributed by atoms with Gasteiger partial charge in [0.15, 0.2) is 5.06 Å². The summed E-state index contributed by atoms with van der Waals surface area (Å²) >= 11 is 1.78. The molecule has 1 N–H and O–H groups in total. The van der Waals surface area contributed by atoms with Crippen LogP contribution in [0.4, 0.5) is 0 Å². The topological polar surface area (TPSA) is 42.4 Å². The molecule has 1 heterocycles. The summed E-state index contributed by atoms with van der Waals surface area (Å²) in [5.41, 5.74) is 2.30. The Morgan fingerprint density at radius 1 is 1.18 bits per heavy atom. The molecule has 28 heavy (non-hydrogen) atoms. The van der Waals surface area contributed by atoms with Gasteiger partial charge in [-0.1, -0.05) is 36.8 Å². The van der Waals surface area contributed by atoms with Gasteiger partial charge in [-0.25, -0.2) is 4.98 Å². The molecule has 0 bridgehead atoms. The summed E-state index contributed by atoms with van der Waals surface area (Å²) in [4.78, 5) is 4.80. The van der Waals surface area contributed by atoms with Gasteiger partial charge < -0.3 is 9.84 Å². The molecule has 0 amide bonds. The molecule has 4 aliphatic carbocycles. The van der Waals surface area contributed by atoms with Gasteiger partial charge in [0.25, 0.3) is 0 Å². The van der Waals surface area contributed by atoms with Crippen LogP contribution in [0.5, 0.6) is 5.06 Å². The van der Waals surface area contributed by atoms with Crippen molar-refractivity contribution in [2.45, 2.75) is 84.2 Å². The highest BCUT2D eigenvalue weighted by Gasteiger charge is 2.59. The van der Waals surface area contributed by atoms with Crippen LogP contribution in [-0.2, 0) is 0 Å². The van der Waals surface area contributed by atoms with Gasteiger partial charge in [0, 0.05) is 5.92 Å². The SMILES string of the molecule is CCOc1cnc([C@H]2CC[C@H]3[C@@H]4CC=C5C[C@@H](O)CC[C@]5(C)[C@H]4CC[C@]23C)s1. The molecular weight excluding hydrogens is 366 g/mol.